The van der Waals surface area contributed by atoms with Crippen molar-refractivity contribution in [3.05, 3.63) is 78.9 Å². The van der Waals surface area contributed by atoms with Crippen molar-refractivity contribution in [2.75, 3.05) is 0 Å². The van der Waals surface area contributed by atoms with Crippen molar-refractivity contribution in [3.63, 3.8) is 0 Å². The van der Waals surface area contributed by atoms with Crippen LogP contribution in [-0.2, 0) is 15.8 Å². The average molecular weight is 438 g/mol. The van der Waals surface area contributed by atoms with Crippen LogP contribution in [0.5, 0.6) is 5.75 Å². The Balaban J connectivity index is 2.25. The molecule has 0 N–H and O–H groups in total. The maximum Gasteiger partial charge on any atom is 0.417 e. The molecule has 0 bridgehead atoms. The van der Waals surface area contributed by atoms with Crippen molar-refractivity contribution in [1.82, 2.24) is 0 Å². The Hall–Kier alpha value is -2.78. The summed E-state index contributed by atoms with van der Waals surface area (Å²) in [5.74, 6) is -1.19. The molecule has 2 rings (SSSR count). The minimum absolute atomic E-state index is 0.0128. The highest BCUT2D eigenvalue weighted by atomic mass is 32.2. The molecular weight excluding hydrogens is 425 g/mol. The van der Waals surface area contributed by atoms with Crippen molar-refractivity contribution in [3.8, 4) is 5.75 Å². The van der Waals surface area contributed by atoms with Gasteiger partial charge in [0.15, 0.2) is 0 Å². The highest BCUT2D eigenvalue weighted by molar-refractivity contribution is 8.14. The Labute approximate surface area is 172 Å². The van der Waals surface area contributed by atoms with Crippen LogP contribution in [0.4, 0.5) is 13.2 Å². The van der Waals surface area contributed by atoms with Crippen LogP contribution < -0.4 is 4.74 Å². The van der Waals surface area contributed by atoms with E-state index in [0.29, 0.717) is 22.7 Å². The van der Waals surface area contributed by atoms with Crippen molar-refractivity contribution in [2.24, 2.45) is 0 Å². The van der Waals surface area contributed by atoms with Crippen LogP contribution in [0.25, 0.3) is 0 Å². The number of thioether (sulfide) groups is 2. The van der Waals surface area contributed by atoms with E-state index >= 15 is 0 Å². The van der Waals surface area contributed by atoms with Crippen LogP contribution >= 0.6 is 23.5 Å². The zero-order valence-corrected chi connectivity index (χ0v) is 16.3. The van der Waals surface area contributed by atoms with Crippen LogP contribution in [0.15, 0.2) is 77.6 Å². The molecule has 0 saturated carbocycles. The number of benzene rings is 2. The lowest BCUT2D eigenvalue weighted by Crippen LogP contribution is -2.17. The van der Waals surface area contributed by atoms with E-state index < -0.39 is 28.4 Å². The van der Waals surface area contributed by atoms with Gasteiger partial charge in [-0.05, 0) is 78.1 Å². The van der Waals surface area contributed by atoms with Crippen LogP contribution in [0.1, 0.15) is 15.9 Å². The van der Waals surface area contributed by atoms with Gasteiger partial charge in [-0.1, -0.05) is 13.2 Å². The number of esters is 1. The molecule has 0 aliphatic rings. The highest BCUT2D eigenvalue weighted by Crippen LogP contribution is 2.35. The predicted octanol–water partition coefficient (Wildman–Crippen LogP) is 5.53. The summed E-state index contributed by atoms with van der Waals surface area (Å²) in [4.78, 5) is 35.5. The third kappa shape index (κ3) is 6.37. The lowest BCUT2D eigenvalue weighted by molar-refractivity contribution is -0.138. The van der Waals surface area contributed by atoms with Crippen molar-refractivity contribution >= 4 is 39.7 Å². The van der Waals surface area contributed by atoms with E-state index in [2.05, 4.69) is 13.2 Å². The Morgan fingerprint density at radius 1 is 0.862 bits per heavy atom. The molecule has 0 aromatic heterocycles. The summed E-state index contributed by atoms with van der Waals surface area (Å²) < 4.78 is 45.2. The zero-order chi connectivity index (χ0) is 21.6. The first-order valence-corrected chi connectivity index (χ1v) is 9.49. The number of ether oxygens (including phenoxy) is 1. The fraction of sp³-hybridized carbons (Fsp3) is 0.0500. The second-order valence-corrected chi connectivity index (χ2v) is 7.47. The fourth-order valence-corrected chi connectivity index (χ4v) is 3.27. The minimum atomic E-state index is -4.83. The Morgan fingerprint density at radius 2 is 1.38 bits per heavy atom. The van der Waals surface area contributed by atoms with Gasteiger partial charge in [-0.2, -0.15) is 13.2 Å². The van der Waals surface area contributed by atoms with E-state index in [1.807, 2.05) is 0 Å². The quantitative estimate of drug-likeness (QED) is 0.256. The first-order valence-electron chi connectivity index (χ1n) is 7.86. The molecule has 0 aliphatic carbocycles. The standard InChI is InChI=1S/C20H13F3O4S2/c1-3-17(24)28-13-7-5-12(6-8-13)27-19(26)15-10-9-14(29-18(25)4-2)11-16(15)20(21,22)23/h3-11H,1-2H2. The molecule has 0 spiro atoms. The molecule has 0 saturated heterocycles. The number of hydrogen-bond donors (Lipinski definition) is 0. The Morgan fingerprint density at radius 3 is 1.90 bits per heavy atom. The van der Waals surface area contributed by atoms with Gasteiger partial charge in [0.25, 0.3) is 0 Å². The smallest absolute Gasteiger partial charge is 0.417 e. The molecule has 4 nitrogen and oxygen atoms in total. The van der Waals surface area contributed by atoms with E-state index in [1.54, 1.807) is 0 Å². The van der Waals surface area contributed by atoms with Crippen molar-refractivity contribution in [2.45, 2.75) is 16.0 Å². The number of halogens is 3. The summed E-state index contributed by atoms with van der Waals surface area (Å²) >= 11 is 1.46. The molecule has 0 amide bonds. The Kier molecular flexibility index (Phi) is 7.46. The van der Waals surface area contributed by atoms with Crippen molar-refractivity contribution in [1.29, 1.82) is 0 Å². The third-order valence-corrected chi connectivity index (χ3v) is 5.05. The van der Waals surface area contributed by atoms with Gasteiger partial charge < -0.3 is 4.74 Å². The van der Waals surface area contributed by atoms with E-state index in [1.165, 1.54) is 30.3 Å². The van der Waals surface area contributed by atoms with Crippen LogP contribution in [0.2, 0.25) is 0 Å². The van der Waals surface area contributed by atoms with Gasteiger partial charge in [-0.3, -0.25) is 9.59 Å². The summed E-state index contributed by atoms with van der Waals surface area (Å²) in [7, 11) is 0. The lowest BCUT2D eigenvalue weighted by atomic mass is 10.1. The topological polar surface area (TPSA) is 60.4 Å². The van der Waals surface area contributed by atoms with E-state index in [-0.39, 0.29) is 15.8 Å². The summed E-state index contributed by atoms with van der Waals surface area (Å²) in [6, 6.07) is 8.58. The highest BCUT2D eigenvalue weighted by Gasteiger charge is 2.36. The molecule has 29 heavy (non-hydrogen) atoms. The van der Waals surface area contributed by atoms with Gasteiger partial charge in [0.1, 0.15) is 5.75 Å². The fourth-order valence-electron chi connectivity index (χ4n) is 2.05. The second-order valence-electron chi connectivity index (χ2n) is 5.32. The summed E-state index contributed by atoms with van der Waals surface area (Å²) in [6.45, 7) is 6.60. The van der Waals surface area contributed by atoms with E-state index in [4.69, 9.17) is 4.74 Å². The molecule has 0 atom stereocenters. The van der Waals surface area contributed by atoms with Gasteiger partial charge in [0.05, 0.1) is 11.1 Å². The number of carbonyl (C=O) groups is 3. The Bertz CT molecular complexity index is 967. The summed E-state index contributed by atoms with van der Waals surface area (Å²) in [5, 5.41) is -0.807. The number of hydrogen-bond acceptors (Lipinski definition) is 6. The second kappa shape index (κ2) is 9.62. The number of rotatable bonds is 6. The predicted molar refractivity (Wildman–Crippen MR) is 105 cm³/mol. The van der Waals surface area contributed by atoms with Crippen LogP contribution in [-0.4, -0.2) is 16.2 Å². The summed E-state index contributed by atoms with van der Waals surface area (Å²) in [6.07, 6.45) is -2.71. The molecule has 0 heterocycles. The zero-order valence-electron chi connectivity index (χ0n) is 14.7. The molecule has 0 aliphatic heterocycles. The SMILES string of the molecule is C=CC(=O)Sc1ccc(OC(=O)c2ccc(SC(=O)C=C)cc2C(F)(F)F)cc1. The normalized spacial score (nSPS) is 10.9. The largest absolute Gasteiger partial charge is 0.423 e. The first-order chi connectivity index (χ1) is 13.6. The monoisotopic (exact) mass is 438 g/mol. The number of carbonyl (C=O) groups excluding carboxylic acids is 3. The van der Waals surface area contributed by atoms with Crippen molar-refractivity contribution < 1.29 is 32.3 Å². The third-order valence-electron chi connectivity index (χ3n) is 3.32. The molecule has 9 heteroatoms. The van der Waals surface area contributed by atoms with E-state index in [0.717, 1.165) is 30.0 Å². The molecule has 2 aromatic rings. The van der Waals surface area contributed by atoms with Gasteiger partial charge >= 0.3 is 12.1 Å². The van der Waals surface area contributed by atoms with Gasteiger partial charge in [0, 0.05) is 9.79 Å². The molecule has 0 radical (unpaired) electrons. The first kappa shape index (κ1) is 22.5. The summed E-state index contributed by atoms with van der Waals surface area (Å²) in [5.41, 5.74) is -1.90. The maximum absolute atomic E-state index is 13.4. The van der Waals surface area contributed by atoms with Crippen LogP contribution in [0, 0.1) is 0 Å². The molecular formula is C20H13F3O4S2. The molecule has 150 valence electrons. The van der Waals surface area contributed by atoms with Gasteiger partial charge in [0.2, 0.25) is 10.2 Å². The minimum Gasteiger partial charge on any atom is -0.423 e. The van der Waals surface area contributed by atoms with E-state index in [9.17, 15) is 27.6 Å². The maximum atomic E-state index is 13.4. The number of alkyl halides is 3. The molecule has 0 unspecified atom stereocenters. The molecule has 2 aromatic carbocycles. The van der Waals surface area contributed by atoms with Gasteiger partial charge in [-0.25, -0.2) is 4.79 Å². The van der Waals surface area contributed by atoms with Gasteiger partial charge in [-0.15, -0.1) is 0 Å². The average Bonchev–Trinajstić information content (AvgIpc) is 2.68. The molecule has 0 fully saturated rings. The lowest BCUT2D eigenvalue weighted by Gasteiger charge is -2.13. The van der Waals surface area contributed by atoms with Crippen LogP contribution in [0.3, 0.4) is 0 Å².